The first-order chi connectivity index (χ1) is 10.6. The highest BCUT2D eigenvalue weighted by Crippen LogP contribution is 2.35. The van der Waals surface area contributed by atoms with Gasteiger partial charge in [-0.25, -0.2) is 4.98 Å². The zero-order valence-electron chi connectivity index (χ0n) is 11.3. The number of amides is 2. The second kappa shape index (κ2) is 6.24. The molecular weight excluding hydrogens is 345 g/mol. The molecule has 1 aromatic heterocycles. The van der Waals surface area contributed by atoms with Crippen LogP contribution >= 0.6 is 34.5 Å². The molecule has 0 spiro atoms. The van der Waals surface area contributed by atoms with Crippen molar-refractivity contribution in [3.05, 3.63) is 39.8 Å². The van der Waals surface area contributed by atoms with Crippen molar-refractivity contribution in [3.63, 3.8) is 0 Å². The first kappa shape index (κ1) is 15.3. The topological polar surface area (TPSA) is 62.3 Å². The summed E-state index contributed by atoms with van der Waals surface area (Å²) in [6, 6.07) is 5.09. The van der Waals surface area contributed by atoms with Crippen LogP contribution in [0, 0.1) is 5.92 Å². The number of nitrogens with one attached hydrogen (secondary N) is 1. The summed E-state index contributed by atoms with van der Waals surface area (Å²) >= 11 is 13.5. The van der Waals surface area contributed by atoms with Crippen LogP contribution in [-0.2, 0) is 9.59 Å². The molecule has 22 heavy (non-hydrogen) atoms. The van der Waals surface area contributed by atoms with Crippen LogP contribution in [0.2, 0.25) is 10.0 Å². The molecule has 114 valence electrons. The molecule has 3 rings (SSSR count). The van der Waals surface area contributed by atoms with Crippen molar-refractivity contribution in [2.45, 2.75) is 6.42 Å². The second-order valence-electron chi connectivity index (χ2n) is 4.80. The standard InChI is InChI=1S/C14H11Cl2N3O2S/c15-9-2-1-3-10(12(9)16)19-7-8(6-11(19)20)13(21)18-14-17-4-5-22-14/h1-5,8H,6-7H2,(H,17,18,21). The predicted octanol–water partition coefficient (Wildman–Crippen LogP) is 3.44. The Morgan fingerprint density at radius 3 is 2.95 bits per heavy atom. The molecule has 1 fully saturated rings. The largest absolute Gasteiger partial charge is 0.310 e. The van der Waals surface area contributed by atoms with Gasteiger partial charge in [-0.15, -0.1) is 11.3 Å². The van der Waals surface area contributed by atoms with Gasteiger partial charge in [0.05, 0.1) is 21.7 Å². The van der Waals surface area contributed by atoms with E-state index in [-0.39, 0.29) is 24.8 Å². The normalized spacial score (nSPS) is 17.8. The molecule has 1 atom stereocenters. The van der Waals surface area contributed by atoms with E-state index in [4.69, 9.17) is 23.2 Å². The fourth-order valence-electron chi connectivity index (χ4n) is 2.31. The van der Waals surface area contributed by atoms with Gasteiger partial charge < -0.3 is 10.2 Å². The predicted molar refractivity (Wildman–Crippen MR) is 87.7 cm³/mol. The molecule has 5 nitrogen and oxygen atoms in total. The third-order valence-electron chi connectivity index (χ3n) is 3.38. The van der Waals surface area contributed by atoms with Crippen molar-refractivity contribution >= 4 is 57.2 Å². The Hall–Kier alpha value is -1.63. The van der Waals surface area contributed by atoms with E-state index in [2.05, 4.69) is 10.3 Å². The van der Waals surface area contributed by atoms with Gasteiger partial charge in [0.25, 0.3) is 0 Å². The van der Waals surface area contributed by atoms with Gasteiger partial charge in [0, 0.05) is 24.5 Å². The Bertz CT molecular complexity index is 721. The van der Waals surface area contributed by atoms with Gasteiger partial charge in [0.1, 0.15) is 0 Å². The summed E-state index contributed by atoms with van der Waals surface area (Å²) in [4.78, 5) is 29.9. The summed E-state index contributed by atoms with van der Waals surface area (Å²) in [6.45, 7) is 0.274. The molecule has 0 saturated carbocycles. The first-order valence-electron chi connectivity index (χ1n) is 6.51. The van der Waals surface area contributed by atoms with E-state index in [9.17, 15) is 9.59 Å². The molecule has 0 aliphatic carbocycles. The van der Waals surface area contributed by atoms with E-state index in [0.29, 0.717) is 20.9 Å². The quantitative estimate of drug-likeness (QED) is 0.916. The lowest BCUT2D eigenvalue weighted by Gasteiger charge is -2.18. The third kappa shape index (κ3) is 2.95. The molecule has 2 heterocycles. The Labute approximate surface area is 140 Å². The van der Waals surface area contributed by atoms with Crippen LogP contribution in [0.1, 0.15) is 6.42 Å². The number of anilines is 2. The van der Waals surface area contributed by atoms with Crippen molar-refractivity contribution in [3.8, 4) is 0 Å². The molecule has 1 saturated heterocycles. The number of carbonyl (C=O) groups is 2. The zero-order chi connectivity index (χ0) is 15.7. The summed E-state index contributed by atoms with van der Waals surface area (Å²) in [5.74, 6) is -0.807. The maximum absolute atomic E-state index is 12.2. The van der Waals surface area contributed by atoms with Gasteiger partial charge in [-0.05, 0) is 12.1 Å². The number of hydrogen-bond acceptors (Lipinski definition) is 4. The molecule has 8 heteroatoms. The summed E-state index contributed by atoms with van der Waals surface area (Å²) in [7, 11) is 0. The van der Waals surface area contributed by atoms with Crippen molar-refractivity contribution in [2.24, 2.45) is 5.92 Å². The highest BCUT2D eigenvalue weighted by molar-refractivity contribution is 7.13. The van der Waals surface area contributed by atoms with E-state index < -0.39 is 5.92 Å². The van der Waals surface area contributed by atoms with E-state index >= 15 is 0 Å². The minimum absolute atomic E-state index is 0.139. The number of benzene rings is 1. The highest BCUT2D eigenvalue weighted by atomic mass is 35.5. The van der Waals surface area contributed by atoms with E-state index in [1.54, 1.807) is 29.8 Å². The van der Waals surface area contributed by atoms with Crippen molar-refractivity contribution in [1.82, 2.24) is 4.98 Å². The molecule has 2 aromatic rings. The molecule has 2 amide bonds. The average molecular weight is 356 g/mol. The van der Waals surface area contributed by atoms with Gasteiger partial charge in [0.2, 0.25) is 11.8 Å². The number of nitrogens with zero attached hydrogens (tertiary/aromatic N) is 2. The molecule has 0 bridgehead atoms. The van der Waals surface area contributed by atoms with Crippen LogP contribution in [0.25, 0.3) is 0 Å². The number of halogens is 2. The SMILES string of the molecule is O=C(Nc1nccs1)C1CC(=O)N(c2cccc(Cl)c2Cl)C1. The minimum atomic E-state index is -0.438. The van der Waals surface area contributed by atoms with E-state index in [1.807, 2.05) is 0 Å². The number of carbonyl (C=O) groups excluding carboxylic acids is 2. The van der Waals surface area contributed by atoms with Crippen LogP contribution in [0.4, 0.5) is 10.8 Å². The number of rotatable bonds is 3. The number of hydrogen-bond donors (Lipinski definition) is 1. The van der Waals surface area contributed by atoms with Crippen molar-refractivity contribution < 1.29 is 9.59 Å². The zero-order valence-corrected chi connectivity index (χ0v) is 13.6. The summed E-state index contributed by atoms with van der Waals surface area (Å²) in [5.41, 5.74) is 0.531. The molecule has 1 aromatic carbocycles. The Balaban J connectivity index is 1.75. The second-order valence-corrected chi connectivity index (χ2v) is 6.48. The fourth-order valence-corrected chi connectivity index (χ4v) is 3.24. The monoisotopic (exact) mass is 355 g/mol. The summed E-state index contributed by atoms with van der Waals surface area (Å²) < 4.78 is 0. The Kier molecular flexibility index (Phi) is 4.33. The maximum atomic E-state index is 12.2. The van der Waals surface area contributed by atoms with E-state index in [1.165, 1.54) is 16.2 Å². The molecular formula is C14H11Cl2N3O2S. The van der Waals surface area contributed by atoms with Gasteiger partial charge >= 0.3 is 0 Å². The van der Waals surface area contributed by atoms with Crippen molar-refractivity contribution in [2.75, 3.05) is 16.8 Å². The van der Waals surface area contributed by atoms with Gasteiger partial charge in [-0.1, -0.05) is 29.3 Å². The third-order valence-corrected chi connectivity index (χ3v) is 4.88. The fraction of sp³-hybridized carbons (Fsp3) is 0.214. The average Bonchev–Trinajstić information content (AvgIpc) is 3.12. The highest BCUT2D eigenvalue weighted by Gasteiger charge is 2.36. The molecule has 1 N–H and O–H groups in total. The van der Waals surface area contributed by atoms with Crippen LogP contribution in [-0.4, -0.2) is 23.3 Å². The van der Waals surface area contributed by atoms with E-state index in [0.717, 1.165) is 0 Å². The van der Waals surface area contributed by atoms with Gasteiger partial charge in [-0.2, -0.15) is 0 Å². The Morgan fingerprint density at radius 1 is 1.41 bits per heavy atom. The lowest BCUT2D eigenvalue weighted by Crippen LogP contribution is -2.28. The number of thiazole rings is 1. The van der Waals surface area contributed by atoms with Crippen LogP contribution in [0.5, 0.6) is 0 Å². The molecule has 1 unspecified atom stereocenters. The lowest BCUT2D eigenvalue weighted by atomic mass is 10.1. The van der Waals surface area contributed by atoms with Crippen molar-refractivity contribution in [1.29, 1.82) is 0 Å². The summed E-state index contributed by atoms with van der Waals surface area (Å²) in [6.07, 6.45) is 1.75. The number of aromatic nitrogens is 1. The smallest absolute Gasteiger partial charge is 0.231 e. The Morgan fingerprint density at radius 2 is 2.23 bits per heavy atom. The van der Waals surface area contributed by atoms with Crippen LogP contribution < -0.4 is 10.2 Å². The summed E-state index contributed by atoms with van der Waals surface area (Å²) in [5, 5.41) is 5.70. The van der Waals surface area contributed by atoms with Crippen LogP contribution in [0.15, 0.2) is 29.8 Å². The lowest BCUT2D eigenvalue weighted by molar-refractivity contribution is -0.122. The minimum Gasteiger partial charge on any atom is -0.310 e. The van der Waals surface area contributed by atoms with Crippen LogP contribution in [0.3, 0.4) is 0 Å². The van der Waals surface area contributed by atoms with Gasteiger partial charge in [0.15, 0.2) is 5.13 Å². The first-order valence-corrected chi connectivity index (χ1v) is 8.14. The maximum Gasteiger partial charge on any atom is 0.231 e. The molecule has 1 aliphatic heterocycles. The molecule has 1 aliphatic rings. The van der Waals surface area contributed by atoms with Gasteiger partial charge in [-0.3, -0.25) is 9.59 Å². The molecule has 0 radical (unpaired) electrons.